The molecule has 1 fully saturated rings. The molecule has 1 saturated heterocycles. The van der Waals surface area contributed by atoms with Gasteiger partial charge in [0.1, 0.15) is 6.10 Å². The van der Waals surface area contributed by atoms with Crippen molar-refractivity contribution in [2.75, 3.05) is 32.7 Å². The fraction of sp³-hybridized carbons (Fsp3) is 0.923. The van der Waals surface area contributed by atoms with Gasteiger partial charge in [-0.1, -0.05) is 13.8 Å². The van der Waals surface area contributed by atoms with Crippen LogP contribution in [0.25, 0.3) is 0 Å². The second-order valence-corrected chi connectivity index (χ2v) is 4.73. The minimum atomic E-state index is -0.285. The number of amides is 1. The Balaban J connectivity index is 2.10. The Morgan fingerprint density at radius 3 is 2.67 bits per heavy atom. The highest BCUT2D eigenvalue weighted by Gasteiger charge is 2.29. The highest BCUT2D eigenvalue weighted by Crippen LogP contribution is 2.18. The van der Waals surface area contributed by atoms with Gasteiger partial charge in [-0.2, -0.15) is 0 Å². The second-order valence-electron chi connectivity index (χ2n) is 4.73. The number of ether oxygens (including phenoxy) is 1. The Bertz CT molecular complexity index is 244. The number of hydrogen-bond acceptors (Lipinski definition) is 4. The lowest BCUT2D eigenvalue weighted by Gasteiger charge is -2.18. The summed E-state index contributed by atoms with van der Waals surface area (Å²) in [6, 6.07) is 0. The summed E-state index contributed by atoms with van der Waals surface area (Å²) in [4.78, 5) is 14.1. The van der Waals surface area contributed by atoms with E-state index in [1.165, 1.54) is 0 Å². The normalized spacial score (nSPS) is 23.6. The number of carbonyl (C=O) groups is 1. The molecule has 1 heterocycles. The molecule has 0 aromatic heterocycles. The molecule has 0 aromatic rings. The van der Waals surface area contributed by atoms with Crippen LogP contribution in [0.1, 0.15) is 33.1 Å². The standard InChI is InChI=1S/C13H27N3O2/c1-3-16(4-2)9-5-8-15-13(17)12-7-6-11(10-14)18-12/h11-12H,3-10,14H2,1-2H3,(H,15,17). The van der Waals surface area contributed by atoms with Crippen LogP contribution < -0.4 is 11.1 Å². The molecular weight excluding hydrogens is 230 g/mol. The third-order valence-electron chi connectivity index (χ3n) is 3.51. The SMILES string of the molecule is CCN(CC)CCCNC(=O)C1CCC(CN)O1. The molecular formula is C13H27N3O2. The molecule has 1 amide bonds. The first kappa shape index (κ1) is 15.4. The maximum atomic E-state index is 11.8. The van der Waals surface area contributed by atoms with Crippen molar-refractivity contribution < 1.29 is 9.53 Å². The summed E-state index contributed by atoms with van der Waals surface area (Å²) in [6.07, 6.45) is 2.46. The van der Waals surface area contributed by atoms with Crippen molar-refractivity contribution in [3.63, 3.8) is 0 Å². The van der Waals surface area contributed by atoms with Gasteiger partial charge in [0.05, 0.1) is 6.10 Å². The topological polar surface area (TPSA) is 67.6 Å². The summed E-state index contributed by atoms with van der Waals surface area (Å²) in [5, 5.41) is 2.94. The number of hydrogen-bond donors (Lipinski definition) is 2. The van der Waals surface area contributed by atoms with Crippen LogP contribution in [-0.2, 0) is 9.53 Å². The van der Waals surface area contributed by atoms with Crippen molar-refractivity contribution in [2.24, 2.45) is 5.73 Å². The Hall–Kier alpha value is -0.650. The first-order chi connectivity index (χ1) is 8.71. The molecule has 0 bridgehead atoms. The second kappa shape index (κ2) is 8.45. The molecule has 0 spiro atoms. The van der Waals surface area contributed by atoms with Crippen molar-refractivity contribution >= 4 is 5.91 Å². The molecule has 1 rings (SSSR count). The Morgan fingerprint density at radius 1 is 1.39 bits per heavy atom. The van der Waals surface area contributed by atoms with Gasteiger partial charge in [0.25, 0.3) is 0 Å². The maximum absolute atomic E-state index is 11.8. The monoisotopic (exact) mass is 257 g/mol. The Kier molecular flexibility index (Phi) is 7.23. The first-order valence-electron chi connectivity index (χ1n) is 7.06. The van der Waals surface area contributed by atoms with Gasteiger partial charge in [0.2, 0.25) is 5.91 Å². The highest BCUT2D eigenvalue weighted by atomic mass is 16.5. The predicted octanol–water partition coefficient (Wildman–Crippen LogP) is 0.341. The molecule has 2 unspecified atom stereocenters. The van der Waals surface area contributed by atoms with E-state index in [4.69, 9.17) is 10.5 Å². The number of nitrogens with zero attached hydrogens (tertiary/aromatic N) is 1. The van der Waals surface area contributed by atoms with E-state index in [0.29, 0.717) is 6.54 Å². The lowest BCUT2D eigenvalue weighted by molar-refractivity contribution is -0.131. The van der Waals surface area contributed by atoms with E-state index in [-0.39, 0.29) is 18.1 Å². The molecule has 1 aliphatic rings. The lowest BCUT2D eigenvalue weighted by Crippen LogP contribution is -2.37. The van der Waals surface area contributed by atoms with Crippen molar-refractivity contribution in [3.05, 3.63) is 0 Å². The molecule has 0 aromatic carbocycles. The van der Waals surface area contributed by atoms with Crippen LogP contribution >= 0.6 is 0 Å². The molecule has 5 heteroatoms. The van der Waals surface area contributed by atoms with Crippen molar-refractivity contribution in [1.29, 1.82) is 0 Å². The van der Waals surface area contributed by atoms with Gasteiger partial charge in [0, 0.05) is 13.1 Å². The van der Waals surface area contributed by atoms with Gasteiger partial charge in [0.15, 0.2) is 0 Å². The maximum Gasteiger partial charge on any atom is 0.249 e. The van der Waals surface area contributed by atoms with E-state index >= 15 is 0 Å². The molecule has 106 valence electrons. The van der Waals surface area contributed by atoms with Crippen LogP contribution in [0, 0.1) is 0 Å². The predicted molar refractivity (Wildman–Crippen MR) is 72.4 cm³/mol. The summed E-state index contributed by atoms with van der Waals surface area (Å²) in [7, 11) is 0. The summed E-state index contributed by atoms with van der Waals surface area (Å²) < 4.78 is 5.55. The third kappa shape index (κ3) is 4.92. The fourth-order valence-electron chi connectivity index (χ4n) is 2.24. The number of rotatable bonds is 8. The van der Waals surface area contributed by atoms with E-state index in [2.05, 4.69) is 24.1 Å². The largest absolute Gasteiger partial charge is 0.364 e. The van der Waals surface area contributed by atoms with E-state index in [9.17, 15) is 4.79 Å². The van der Waals surface area contributed by atoms with Crippen molar-refractivity contribution in [3.8, 4) is 0 Å². The van der Waals surface area contributed by atoms with E-state index in [1.807, 2.05) is 0 Å². The summed E-state index contributed by atoms with van der Waals surface area (Å²) in [5.74, 6) is 0.0190. The molecule has 1 aliphatic heterocycles. The zero-order chi connectivity index (χ0) is 13.4. The van der Waals surface area contributed by atoms with Crippen molar-refractivity contribution in [2.45, 2.75) is 45.3 Å². The summed E-state index contributed by atoms with van der Waals surface area (Å²) in [6.45, 7) is 8.70. The fourth-order valence-corrected chi connectivity index (χ4v) is 2.24. The summed E-state index contributed by atoms with van der Waals surface area (Å²) >= 11 is 0. The van der Waals surface area contributed by atoms with Crippen LogP contribution in [0.2, 0.25) is 0 Å². The Morgan fingerprint density at radius 2 is 2.11 bits per heavy atom. The van der Waals surface area contributed by atoms with Crippen LogP contribution in [0.15, 0.2) is 0 Å². The third-order valence-corrected chi connectivity index (χ3v) is 3.51. The minimum absolute atomic E-state index is 0.0190. The van der Waals surface area contributed by atoms with Crippen LogP contribution in [0.3, 0.4) is 0 Å². The smallest absolute Gasteiger partial charge is 0.249 e. The zero-order valence-electron chi connectivity index (χ0n) is 11.7. The van der Waals surface area contributed by atoms with Gasteiger partial charge in [-0.05, 0) is 38.9 Å². The molecule has 5 nitrogen and oxygen atoms in total. The molecule has 0 saturated carbocycles. The number of nitrogens with two attached hydrogens (primary N) is 1. The van der Waals surface area contributed by atoms with Gasteiger partial charge in [-0.3, -0.25) is 4.79 Å². The van der Waals surface area contributed by atoms with E-state index in [1.54, 1.807) is 0 Å². The highest BCUT2D eigenvalue weighted by molar-refractivity contribution is 5.80. The number of nitrogens with one attached hydrogen (secondary N) is 1. The number of carbonyl (C=O) groups excluding carboxylic acids is 1. The van der Waals surface area contributed by atoms with Gasteiger partial charge in [-0.25, -0.2) is 0 Å². The summed E-state index contributed by atoms with van der Waals surface area (Å²) in [5.41, 5.74) is 5.52. The first-order valence-corrected chi connectivity index (χ1v) is 7.06. The molecule has 0 aliphatic carbocycles. The van der Waals surface area contributed by atoms with Crippen LogP contribution in [0.5, 0.6) is 0 Å². The van der Waals surface area contributed by atoms with Crippen LogP contribution in [-0.4, -0.2) is 55.7 Å². The molecule has 3 N–H and O–H groups in total. The van der Waals surface area contributed by atoms with Gasteiger partial charge < -0.3 is 20.7 Å². The van der Waals surface area contributed by atoms with Crippen LogP contribution in [0.4, 0.5) is 0 Å². The van der Waals surface area contributed by atoms with E-state index < -0.39 is 0 Å². The molecule has 2 atom stereocenters. The average Bonchev–Trinajstić information content (AvgIpc) is 2.87. The minimum Gasteiger partial charge on any atom is -0.364 e. The van der Waals surface area contributed by atoms with E-state index in [0.717, 1.165) is 45.4 Å². The molecule has 18 heavy (non-hydrogen) atoms. The molecule has 0 radical (unpaired) electrons. The zero-order valence-corrected chi connectivity index (χ0v) is 11.7. The Labute approximate surface area is 110 Å². The van der Waals surface area contributed by atoms with Crippen molar-refractivity contribution in [1.82, 2.24) is 10.2 Å². The quantitative estimate of drug-likeness (QED) is 0.615. The lowest BCUT2D eigenvalue weighted by atomic mass is 10.2. The van der Waals surface area contributed by atoms with Gasteiger partial charge in [-0.15, -0.1) is 0 Å². The average molecular weight is 257 g/mol. The van der Waals surface area contributed by atoms with Gasteiger partial charge >= 0.3 is 0 Å².